The lowest BCUT2D eigenvalue weighted by atomic mass is 9.78. The number of amides is 3. The number of halogens is 1. The Bertz CT molecular complexity index is 1550. The maximum atomic E-state index is 14.2. The molecule has 0 radical (unpaired) electrons. The molecule has 3 heterocycles. The van der Waals surface area contributed by atoms with E-state index in [-0.39, 0.29) is 93.6 Å². The molecule has 2 aliphatic rings. The summed E-state index contributed by atoms with van der Waals surface area (Å²) in [6, 6.07) is 13.2. The van der Waals surface area contributed by atoms with E-state index < -0.39 is 17.2 Å². The maximum Gasteiger partial charge on any atom is 0.314 e. The lowest BCUT2D eigenvalue weighted by Crippen LogP contribution is -2.46. The van der Waals surface area contributed by atoms with Crippen LogP contribution >= 0.6 is 0 Å². The highest BCUT2D eigenvalue weighted by Gasteiger charge is 2.40. The second-order valence-electron chi connectivity index (χ2n) is 11.8. The van der Waals surface area contributed by atoms with E-state index in [2.05, 4.69) is 20.8 Å². The van der Waals surface area contributed by atoms with Crippen LogP contribution in [0.4, 0.5) is 4.39 Å². The number of benzene rings is 2. The highest BCUT2D eigenvalue weighted by atomic mass is 19.1. The molecule has 0 fully saturated rings. The molecule has 2 aliphatic heterocycles. The first-order chi connectivity index (χ1) is 23.7. The standard InChI is InChI=1S/C35H44FN5O8/c1-3-47-34(45)35(17-21-46-2)22-25-11-13-26(14-12-25)48-23-30(43)37-18-7-20-41(19-6-10-29(42)38-24-35)32(44)16-15-31-39-33(40-49-31)27-8-4-5-9-28(27)36/h4-5,8-9,11-14H,3,6-7,10,15-24H2,1-2H3,(H,37,43)(H,38,42). The highest BCUT2D eigenvalue weighted by molar-refractivity contribution is 5.81. The molecular weight excluding hydrogens is 637 g/mol. The molecule has 3 amide bonds. The van der Waals surface area contributed by atoms with Gasteiger partial charge < -0.3 is 34.3 Å². The van der Waals surface area contributed by atoms with Gasteiger partial charge in [-0.15, -0.1) is 0 Å². The van der Waals surface area contributed by atoms with E-state index in [0.29, 0.717) is 38.1 Å². The molecule has 0 saturated heterocycles. The summed E-state index contributed by atoms with van der Waals surface area (Å²) in [5, 5.41) is 9.57. The number of carbonyl (C=O) groups is 4. The van der Waals surface area contributed by atoms with Crippen LogP contribution in [0.1, 0.15) is 50.5 Å². The number of carbonyl (C=O) groups excluding carboxylic acids is 4. The van der Waals surface area contributed by atoms with Crippen LogP contribution in [0.2, 0.25) is 0 Å². The van der Waals surface area contributed by atoms with Crippen molar-refractivity contribution in [3.63, 3.8) is 0 Å². The van der Waals surface area contributed by atoms with Crippen molar-refractivity contribution in [2.24, 2.45) is 5.41 Å². The number of ether oxygens (including phenoxy) is 3. The fourth-order valence-corrected chi connectivity index (χ4v) is 5.49. The Labute approximate surface area is 284 Å². The Hall–Kier alpha value is -4.85. The molecule has 49 heavy (non-hydrogen) atoms. The van der Waals surface area contributed by atoms with E-state index in [0.717, 1.165) is 5.56 Å². The molecule has 5 rings (SSSR count). The van der Waals surface area contributed by atoms with Gasteiger partial charge in [0.15, 0.2) is 6.61 Å². The minimum atomic E-state index is -1.09. The number of aromatic nitrogens is 2. The van der Waals surface area contributed by atoms with Crippen molar-refractivity contribution >= 4 is 23.7 Å². The molecule has 1 aromatic heterocycles. The van der Waals surface area contributed by atoms with Crippen LogP contribution in [-0.2, 0) is 41.5 Å². The molecule has 3 aromatic rings. The average molecular weight is 682 g/mol. The number of hydrogen-bond donors (Lipinski definition) is 2. The molecule has 0 spiro atoms. The minimum Gasteiger partial charge on any atom is -0.484 e. The SMILES string of the molecule is CCOC(=O)C1(CCOC)CNC(=O)CCCN(C(=O)CCc2nc(-c3ccccc3F)no2)CCCNC(=O)COc2ccc(cc2)C1. The summed E-state index contributed by atoms with van der Waals surface area (Å²) in [4.78, 5) is 58.1. The van der Waals surface area contributed by atoms with Crippen LogP contribution < -0.4 is 15.4 Å². The molecule has 2 bridgehead atoms. The predicted octanol–water partition coefficient (Wildman–Crippen LogP) is 3.26. The molecule has 1 unspecified atom stereocenters. The van der Waals surface area contributed by atoms with Gasteiger partial charge in [0.1, 0.15) is 11.6 Å². The Morgan fingerprint density at radius 1 is 1.04 bits per heavy atom. The third kappa shape index (κ3) is 11.1. The van der Waals surface area contributed by atoms with Crippen LogP contribution in [0, 0.1) is 11.2 Å². The van der Waals surface area contributed by atoms with Crippen molar-refractivity contribution in [1.29, 1.82) is 0 Å². The summed E-state index contributed by atoms with van der Waals surface area (Å²) in [7, 11) is 1.55. The normalized spacial score (nSPS) is 18.2. The lowest BCUT2D eigenvalue weighted by Gasteiger charge is -2.32. The largest absolute Gasteiger partial charge is 0.484 e. The zero-order valence-corrected chi connectivity index (χ0v) is 28.0. The van der Waals surface area contributed by atoms with E-state index in [1.165, 1.54) is 6.07 Å². The summed E-state index contributed by atoms with van der Waals surface area (Å²) in [6.07, 6.45) is 1.73. The molecular formula is C35H44FN5O8. The smallest absolute Gasteiger partial charge is 0.314 e. The Morgan fingerprint density at radius 2 is 1.82 bits per heavy atom. The van der Waals surface area contributed by atoms with Crippen molar-refractivity contribution in [3.8, 4) is 17.1 Å². The van der Waals surface area contributed by atoms with E-state index in [1.54, 1.807) is 49.3 Å². The van der Waals surface area contributed by atoms with Crippen LogP contribution in [0.3, 0.4) is 0 Å². The van der Waals surface area contributed by atoms with Gasteiger partial charge in [-0.1, -0.05) is 29.4 Å². The first kappa shape index (κ1) is 37.0. The van der Waals surface area contributed by atoms with Crippen molar-refractivity contribution in [1.82, 2.24) is 25.7 Å². The van der Waals surface area contributed by atoms with Gasteiger partial charge in [-0.3, -0.25) is 19.2 Å². The van der Waals surface area contributed by atoms with Gasteiger partial charge >= 0.3 is 5.97 Å². The number of nitrogens with one attached hydrogen (secondary N) is 2. The number of methoxy groups -OCH3 is 1. The van der Waals surface area contributed by atoms with Gasteiger partial charge in [0, 0.05) is 59.2 Å². The Balaban J connectivity index is 1.45. The van der Waals surface area contributed by atoms with Crippen LogP contribution in [0.15, 0.2) is 53.1 Å². The van der Waals surface area contributed by atoms with Gasteiger partial charge in [0.25, 0.3) is 5.91 Å². The molecule has 2 aromatic carbocycles. The van der Waals surface area contributed by atoms with Gasteiger partial charge in [-0.05, 0) is 62.4 Å². The van der Waals surface area contributed by atoms with E-state index >= 15 is 0 Å². The van der Waals surface area contributed by atoms with Gasteiger partial charge in [0.05, 0.1) is 17.6 Å². The summed E-state index contributed by atoms with van der Waals surface area (Å²) < 4.78 is 35.9. The predicted molar refractivity (Wildman–Crippen MR) is 176 cm³/mol. The van der Waals surface area contributed by atoms with Crippen molar-refractivity contribution < 1.29 is 42.3 Å². The van der Waals surface area contributed by atoms with Crippen LogP contribution in [0.25, 0.3) is 11.4 Å². The highest BCUT2D eigenvalue weighted by Crippen LogP contribution is 2.30. The Morgan fingerprint density at radius 3 is 2.57 bits per heavy atom. The van der Waals surface area contributed by atoms with Crippen LogP contribution in [-0.4, -0.2) is 91.8 Å². The first-order valence-electron chi connectivity index (χ1n) is 16.5. The van der Waals surface area contributed by atoms with Gasteiger partial charge in [-0.2, -0.15) is 4.98 Å². The van der Waals surface area contributed by atoms with E-state index in [9.17, 15) is 23.6 Å². The van der Waals surface area contributed by atoms with Crippen molar-refractivity contribution in [2.45, 2.75) is 51.9 Å². The average Bonchev–Trinajstić information content (AvgIpc) is 3.57. The molecule has 1 atom stereocenters. The quantitative estimate of drug-likeness (QED) is 0.321. The summed E-state index contributed by atoms with van der Waals surface area (Å²) >= 11 is 0. The number of esters is 1. The topological polar surface area (TPSA) is 162 Å². The fourth-order valence-electron chi connectivity index (χ4n) is 5.49. The second kappa shape index (κ2) is 18.6. The zero-order valence-electron chi connectivity index (χ0n) is 28.0. The fraction of sp³-hybridized carbons (Fsp3) is 0.486. The number of nitrogens with zero attached hydrogens (tertiary/aromatic N) is 3. The van der Waals surface area contributed by atoms with Gasteiger partial charge in [-0.25, -0.2) is 4.39 Å². The molecule has 14 heteroatoms. The molecule has 0 aliphatic carbocycles. The minimum absolute atomic E-state index is 0.0359. The molecule has 2 N–H and O–H groups in total. The van der Waals surface area contributed by atoms with Crippen molar-refractivity contribution in [2.75, 3.05) is 53.1 Å². The zero-order chi connectivity index (χ0) is 35.1. The second-order valence-corrected chi connectivity index (χ2v) is 11.8. The molecule has 264 valence electrons. The number of aryl methyl sites for hydroxylation is 1. The van der Waals surface area contributed by atoms with E-state index in [1.807, 2.05) is 12.1 Å². The monoisotopic (exact) mass is 681 g/mol. The van der Waals surface area contributed by atoms with E-state index in [4.69, 9.17) is 18.7 Å². The summed E-state index contributed by atoms with van der Waals surface area (Å²) in [5.74, 6) is -0.925. The van der Waals surface area contributed by atoms with Crippen LogP contribution in [0.5, 0.6) is 5.75 Å². The van der Waals surface area contributed by atoms with Crippen molar-refractivity contribution in [3.05, 3.63) is 65.8 Å². The first-order valence-corrected chi connectivity index (χ1v) is 16.5. The summed E-state index contributed by atoms with van der Waals surface area (Å²) in [5.41, 5.74) is -0.0692. The lowest BCUT2D eigenvalue weighted by molar-refractivity contribution is -0.156. The number of fused-ring (bicyclic) bond motifs is 17. The third-order valence-corrected chi connectivity index (χ3v) is 8.20. The molecule has 0 saturated carbocycles. The third-order valence-electron chi connectivity index (χ3n) is 8.20. The molecule has 13 nitrogen and oxygen atoms in total. The maximum absolute atomic E-state index is 14.2. The Kier molecular flexibility index (Phi) is 14.1. The summed E-state index contributed by atoms with van der Waals surface area (Å²) in [6.45, 7) is 2.96. The van der Waals surface area contributed by atoms with Gasteiger partial charge in [0.2, 0.25) is 23.5 Å². The number of hydrogen-bond acceptors (Lipinski definition) is 10. The number of rotatable bonds is 9.